The molecule has 0 spiro atoms. The molecular weight excluding hydrogens is 237 g/mol. The van der Waals surface area contributed by atoms with E-state index in [2.05, 4.69) is 12.2 Å². The van der Waals surface area contributed by atoms with Crippen LogP contribution in [0, 0.1) is 5.82 Å². The molecular formula is C14H19ClFN. The van der Waals surface area contributed by atoms with E-state index in [0.717, 1.165) is 37.9 Å². The van der Waals surface area contributed by atoms with E-state index in [0.29, 0.717) is 5.02 Å². The fourth-order valence-electron chi connectivity index (χ4n) is 2.57. The van der Waals surface area contributed by atoms with E-state index in [1.807, 2.05) is 6.07 Å². The Morgan fingerprint density at radius 1 is 1.41 bits per heavy atom. The van der Waals surface area contributed by atoms with E-state index in [-0.39, 0.29) is 11.2 Å². The first-order chi connectivity index (χ1) is 8.18. The number of hydrogen-bond donors (Lipinski definition) is 1. The van der Waals surface area contributed by atoms with Crippen LogP contribution in [-0.4, -0.2) is 13.1 Å². The molecule has 0 aliphatic heterocycles. The Labute approximate surface area is 107 Å². The van der Waals surface area contributed by atoms with Gasteiger partial charge in [-0.2, -0.15) is 0 Å². The van der Waals surface area contributed by atoms with Gasteiger partial charge in [0.25, 0.3) is 0 Å². The molecule has 0 amide bonds. The lowest BCUT2D eigenvalue weighted by molar-refractivity contribution is 0.234. The lowest BCUT2D eigenvalue weighted by Gasteiger charge is -2.43. The average molecular weight is 256 g/mol. The van der Waals surface area contributed by atoms with Gasteiger partial charge in [0.15, 0.2) is 0 Å². The number of halogens is 2. The zero-order valence-corrected chi connectivity index (χ0v) is 11.0. The van der Waals surface area contributed by atoms with Crippen LogP contribution in [0.15, 0.2) is 18.2 Å². The summed E-state index contributed by atoms with van der Waals surface area (Å²) in [4.78, 5) is 0. The second kappa shape index (κ2) is 5.36. The van der Waals surface area contributed by atoms with Crippen molar-refractivity contribution in [3.8, 4) is 0 Å². The maximum atomic E-state index is 13.1. The van der Waals surface area contributed by atoms with E-state index in [1.165, 1.54) is 18.6 Å². The van der Waals surface area contributed by atoms with Crippen molar-refractivity contribution in [2.24, 2.45) is 0 Å². The van der Waals surface area contributed by atoms with Crippen molar-refractivity contribution < 1.29 is 4.39 Å². The van der Waals surface area contributed by atoms with Crippen molar-refractivity contribution >= 4 is 11.6 Å². The number of rotatable bonds is 5. The fourth-order valence-corrected chi connectivity index (χ4v) is 2.94. The normalized spacial score (nSPS) is 17.8. The summed E-state index contributed by atoms with van der Waals surface area (Å²) in [6, 6.07) is 4.79. The lowest BCUT2D eigenvalue weighted by Crippen LogP contribution is -2.44. The van der Waals surface area contributed by atoms with E-state index in [9.17, 15) is 4.39 Å². The molecule has 1 aliphatic carbocycles. The van der Waals surface area contributed by atoms with Gasteiger partial charge < -0.3 is 5.32 Å². The highest BCUT2D eigenvalue weighted by molar-refractivity contribution is 6.31. The van der Waals surface area contributed by atoms with Gasteiger partial charge in [-0.3, -0.25) is 0 Å². The van der Waals surface area contributed by atoms with Crippen LogP contribution in [-0.2, 0) is 5.41 Å². The Hall–Kier alpha value is -0.600. The Morgan fingerprint density at radius 2 is 2.18 bits per heavy atom. The SMILES string of the molecule is CCCNCC1(c2ccc(F)cc2Cl)CCC1. The quantitative estimate of drug-likeness (QED) is 0.787. The molecule has 1 nitrogen and oxygen atoms in total. The fraction of sp³-hybridized carbons (Fsp3) is 0.571. The molecule has 0 heterocycles. The number of nitrogens with one attached hydrogen (secondary N) is 1. The number of benzene rings is 1. The minimum Gasteiger partial charge on any atom is -0.316 e. The van der Waals surface area contributed by atoms with Crippen LogP contribution in [0.5, 0.6) is 0 Å². The minimum atomic E-state index is -0.255. The molecule has 0 atom stereocenters. The van der Waals surface area contributed by atoms with Crippen LogP contribution in [0.25, 0.3) is 0 Å². The average Bonchev–Trinajstić information content (AvgIpc) is 2.23. The third-order valence-electron chi connectivity index (χ3n) is 3.70. The molecule has 1 fully saturated rings. The maximum absolute atomic E-state index is 13.1. The Balaban J connectivity index is 2.16. The van der Waals surface area contributed by atoms with Crippen molar-refractivity contribution in [1.82, 2.24) is 5.32 Å². The van der Waals surface area contributed by atoms with Crippen LogP contribution in [0.4, 0.5) is 4.39 Å². The Kier molecular flexibility index (Phi) is 4.05. The number of hydrogen-bond acceptors (Lipinski definition) is 1. The minimum absolute atomic E-state index is 0.139. The first-order valence-electron chi connectivity index (χ1n) is 6.34. The third-order valence-corrected chi connectivity index (χ3v) is 4.02. The zero-order valence-electron chi connectivity index (χ0n) is 10.2. The molecule has 1 aliphatic rings. The molecule has 1 N–H and O–H groups in total. The molecule has 0 bridgehead atoms. The third kappa shape index (κ3) is 2.63. The standard InChI is InChI=1S/C14H19ClFN/c1-2-8-17-10-14(6-3-7-14)12-5-4-11(16)9-13(12)15/h4-5,9,17H,2-3,6-8,10H2,1H3. The van der Waals surface area contributed by atoms with Gasteiger partial charge >= 0.3 is 0 Å². The molecule has 0 unspecified atom stereocenters. The summed E-state index contributed by atoms with van der Waals surface area (Å²) in [6.07, 6.45) is 4.67. The van der Waals surface area contributed by atoms with Crippen LogP contribution in [0.1, 0.15) is 38.2 Å². The van der Waals surface area contributed by atoms with Crippen molar-refractivity contribution in [2.45, 2.75) is 38.0 Å². The second-order valence-electron chi connectivity index (χ2n) is 4.93. The molecule has 1 saturated carbocycles. The maximum Gasteiger partial charge on any atom is 0.124 e. The molecule has 0 saturated heterocycles. The van der Waals surface area contributed by atoms with E-state index < -0.39 is 0 Å². The van der Waals surface area contributed by atoms with Gasteiger partial charge in [-0.1, -0.05) is 31.0 Å². The van der Waals surface area contributed by atoms with Gasteiger partial charge in [0.1, 0.15) is 5.82 Å². The van der Waals surface area contributed by atoms with Gasteiger partial charge in [-0.05, 0) is 43.5 Å². The van der Waals surface area contributed by atoms with Crippen LogP contribution < -0.4 is 5.32 Å². The molecule has 1 aromatic rings. The largest absolute Gasteiger partial charge is 0.316 e. The first kappa shape index (κ1) is 12.8. The van der Waals surface area contributed by atoms with E-state index >= 15 is 0 Å². The van der Waals surface area contributed by atoms with Crippen molar-refractivity contribution in [2.75, 3.05) is 13.1 Å². The molecule has 17 heavy (non-hydrogen) atoms. The van der Waals surface area contributed by atoms with E-state index in [1.54, 1.807) is 0 Å². The monoisotopic (exact) mass is 255 g/mol. The zero-order chi connectivity index (χ0) is 12.3. The van der Waals surface area contributed by atoms with E-state index in [4.69, 9.17) is 11.6 Å². The highest BCUT2D eigenvalue weighted by Crippen LogP contribution is 2.45. The second-order valence-corrected chi connectivity index (χ2v) is 5.34. The van der Waals surface area contributed by atoms with Gasteiger partial charge in [0.05, 0.1) is 0 Å². The van der Waals surface area contributed by atoms with Crippen molar-refractivity contribution in [3.05, 3.63) is 34.6 Å². The summed E-state index contributed by atoms with van der Waals surface area (Å²) in [5.41, 5.74) is 1.25. The molecule has 94 valence electrons. The highest BCUT2D eigenvalue weighted by atomic mass is 35.5. The summed E-state index contributed by atoms with van der Waals surface area (Å²) in [7, 11) is 0. The van der Waals surface area contributed by atoms with Crippen molar-refractivity contribution in [3.63, 3.8) is 0 Å². The predicted octanol–water partition coefficient (Wildman–Crippen LogP) is 3.90. The smallest absolute Gasteiger partial charge is 0.124 e. The summed E-state index contributed by atoms with van der Waals surface area (Å²) in [6.45, 7) is 4.14. The summed E-state index contributed by atoms with van der Waals surface area (Å²) in [5, 5.41) is 4.04. The van der Waals surface area contributed by atoms with Crippen LogP contribution in [0.3, 0.4) is 0 Å². The topological polar surface area (TPSA) is 12.0 Å². The molecule has 0 aromatic heterocycles. The summed E-state index contributed by atoms with van der Waals surface area (Å²) in [5.74, 6) is -0.255. The van der Waals surface area contributed by atoms with Gasteiger partial charge in [0.2, 0.25) is 0 Å². The van der Waals surface area contributed by atoms with Gasteiger partial charge in [0, 0.05) is 17.0 Å². The van der Waals surface area contributed by atoms with Gasteiger partial charge in [-0.15, -0.1) is 0 Å². The first-order valence-corrected chi connectivity index (χ1v) is 6.72. The molecule has 2 rings (SSSR count). The lowest BCUT2D eigenvalue weighted by atomic mass is 9.64. The van der Waals surface area contributed by atoms with Crippen LogP contribution in [0.2, 0.25) is 5.02 Å². The van der Waals surface area contributed by atoms with Gasteiger partial charge in [-0.25, -0.2) is 4.39 Å². The molecule has 1 aromatic carbocycles. The molecule has 3 heteroatoms. The van der Waals surface area contributed by atoms with Crippen LogP contribution >= 0.6 is 11.6 Å². The predicted molar refractivity (Wildman–Crippen MR) is 70.1 cm³/mol. The Bertz CT molecular complexity index is 388. The molecule has 0 radical (unpaired) electrons. The highest BCUT2D eigenvalue weighted by Gasteiger charge is 2.39. The summed E-state index contributed by atoms with van der Waals surface area (Å²) >= 11 is 6.17. The van der Waals surface area contributed by atoms with Crippen molar-refractivity contribution in [1.29, 1.82) is 0 Å². The Morgan fingerprint density at radius 3 is 2.71 bits per heavy atom. The summed E-state index contributed by atoms with van der Waals surface area (Å²) < 4.78 is 13.1.